The van der Waals surface area contributed by atoms with Gasteiger partial charge in [0.25, 0.3) is 0 Å². The zero-order valence-electron chi connectivity index (χ0n) is 13.2. The number of amides is 2. The number of aryl methyl sites for hydroxylation is 1. The van der Waals surface area contributed by atoms with Gasteiger partial charge in [0.1, 0.15) is 5.60 Å². The van der Waals surface area contributed by atoms with E-state index < -0.39 is 23.4 Å². The molecule has 2 aromatic carbocycles. The van der Waals surface area contributed by atoms with Crippen LogP contribution in [0.2, 0.25) is 0 Å². The maximum absolute atomic E-state index is 12.7. The lowest BCUT2D eigenvalue weighted by Crippen LogP contribution is -2.41. The molecular weight excluding hydrogens is 333 g/mol. The highest BCUT2D eigenvalue weighted by Gasteiger charge is 2.36. The van der Waals surface area contributed by atoms with Crippen LogP contribution in [0, 0.1) is 0 Å². The lowest BCUT2D eigenvalue weighted by molar-refractivity contribution is -0.137. The molecule has 0 aliphatic heterocycles. The number of alkyl halides is 3. The van der Waals surface area contributed by atoms with Crippen LogP contribution in [0.1, 0.15) is 23.1 Å². The predicted molar refractivity (Wildman–Crippen MR) is 87.1 cm³/mol. The van der Waals surface area contributed by atoms with E-state index in [9.17, 15) is 23.1 Å². The summed E-state index contributed by atoms with van der Waals surface area (Å²) in [7, 11) is 0. The van der Waals surface area contributed by atoms with Crippen LogP contribution in [0.15, 0.2) is 48.5 Å². The van der Waals surface area contributed by atoms with Crippen LogP contribution < -0.4 is 10.6 Å². The SMILES string of the molecule is O=C(NC[C@@]1(O)CCc2ccccc21)Nc1cccc(C(F)(F)F)c1. The molecule has 0 heterocycles. The summed E-state index contributed by atoms with van der Waals surface area (Å²) in [5, 5.41) is 15.6. The van der Waals surface area contributed by atoms with Crippen molar-refractivity contribution in [3.63, 3.8) is 0 Å². The molecule has 132 valence electrons. The number of anilines is 1. The van der Waals surface area contributed by atoms with Crippen molar-refractivity contribution in [3.8, 4) is 0 Å². The molecule has 0 unspecified atom stereocenters. The zero-order valence-corrected chi connectivity index (χ0v) is 13.2. The number of fused-ring (bicyclic) bond motifs is 1. The topological polar surface area (TPSA) is 61.4 Å². The largest absolute Gasteiger partial charge is 0.416 e. The Morgan fingerprint density at radius 1 is 1.16 bits per heavy atom. The molecule has 0 saturated carbocycles. The molecule has 0 saturated heterocycles. The highest BCUT2D eigenvalue weighted by atomic mass is 19.4. The zero-order chi connectivity index (χ0) is 18.1. The van der Waals surface area contributed by atoms with Gasteiger partial charge in [-0.1, -0.05) is 30.3 Å². The number of nitrogens with one attached hydrogen (secondary N) is 2. The first-order chi connectivity index (χ1) is 11.8. The van der Waals surface area contributed by atoms with E-state index in [1.807, 2.05) is 24.3 Å². The lowest BCUT2D eigenvalue weighted by atomic mass is 9.96. The monoisotopic (exact) mass is 350 g/mol. The van der Waals surface area contributed by atoms with Crippen LogP contribution in [-0.4, -0.2) is 17.7 Å². The molecule has 0 bridgehead atoms. The standard InChI is InChI=1S/C18H17F3N2O2/c19-18(20,21)13-5-3-6-14(10-13)23-16(24)22-11-17(25)9-8-12-4-1-2-7-15(12)17/h1-7,10,25H,8-9,11H2,(H2,22,23,24)/t17-/m0/s1. The Bertz CT molecular complexity index is 792. The highest BCUT2D eigenvalue weighted by molar-refractivity contribution is 5.89. The van der Waals surface area contributed by atoms with Crippen molar-refractivity contribution in [1.82, 2.24) is 5.32 Å². The number of hydrogen-bond acceptors (Lipinski definition) is 2. The molecule has 4 nitrogen and oxygen atoms in total. The maximum atomic E-state index is 12.7. The first-order valence-electron chi connectivity index (χ1n) is 7.81. The second-order valence-corrected chi connectivity index (χ2v) is 6.07. The number of rotatable bonds is 3. The van der Waals surface area contributed by atoms with Crippen molar-refractivity contribution in [3.05, 3.63) is 65.2 Å². The van der Waals surface area contributed by atoms with Crippen LogP contribution in [0.3, 0.4) is 0 Å². The first kappa shape index (κ1) is 17.3. The van der Waals surface area contributed by atoms with Crippen molar-refractivity contribution in [2.45, 2.75) is 24.6 Å². The Labute approximate surface area is 142 Å². The summed E-state index contributed by atoms with van der Waals surface area (Å²) in [6.45, 7) is -0.0190. The molecule has 0 radical (unpaired) electrons. The van der Waals surface area contributed by atoms with Gasteiger partial charge in [0, 0.05) is 5.69 Å². The minimum Gasteiger partial charge on any atom is -0.383 e. The summed E-state index contributed by atoms with van der Waals surface area (Å²) in [5.41, 5.74) is -0.166. The fourth-order valence-corrected chi connectivity index (χ4v) is 3.03. The molecule has 1 aliphatic rings. The van der Waals surface area contributed by atoms with Gasteiger partial charge in [-0.2, -0.15) is 13.2 Å². The van der Waals surface area contributed by atoms with E-state index in [1.54, 1.807) is 0 Å². The predicted octanol–water partition coefficient (Wildman–Crippen LogP) is 3.66. The second kappa shape index (κ2) is 6.40. The Hall–Kier alpha value is -2.54. The van der Waals surface area contributed by atoms with Gasteiger partial charge >= 0.3 is 12.2 Å². The molecular formula is C18H17F3N2O2. The average Bonchev–Trinajstić information content (AvgIpc) is 2.91. The Morgan fingerprint density at radius 2 is 1.92 bits per heavy atom. The molecule has 2 aromatic rings. The van der Waals surface area contributed by atoms with Gasteiger partial charge in [0.15, 0.2) is 0 Å². The van der Waals surface area contributed by atoms with Crippen LogP contribution in [0.5, 0.6) is 0 Å². The Balaban J connectivity index is 1.63. The van der Waals surface area contributed by atoms with E-state index in [1.165, 1.54) is 12.1 Å². The molecule has 3 rings (SSSR count). The van der Waals surface area contributed by atoms with E-state index in [-0.39, 0.29) is 12.2 Å². The van der Waals surface area contributed by atoms with Gasteiger partial charge in [0.2, 0.25) is 0 Å². The number of halogens is 3. The van der Waals surface area contributed by atoms with Crippen LogP contribution in [0.4, 0.5) is 23.7 Å². The molecule has 25 heavy (non-hydrogen) atoms. The Kier molecular flexibility index (Phi) is 4.43. The number of urea groups is 1. The molecule has 0 spiro atoms. The van der Waals surface area contributed by atoms with Gasteiger partial charge in [-0.25, -0.2) is 4.79 Å². The van der Waals surface area contributed by atoms with Crippen LogP contribution in [-0.2, 0) is 18.2 Å². The quantitative estimate of drug-likeness (QED) is 0.791. The summed E-state index contributed by atoms with van der Waals surface area (Å²) in [4.78, 5) is 12.0. The average molecular weight is 350 g/mol. The van der Waals surface area contributed by atoms with Gasteiger partial charge in [0.05, 0.1) is 12.1 Å². The van der Waals surface area contributed by atoms with Gasteiger partial charge in [-0.05, 0) is 42.2 Å². The summed E-state index contributed by atoms with van der Waals surface area (Å²) in [6, 6.07) is 11.2. The number of carbonyl (C=O) groups is 1. The van der Waals surface area contributed by atoms with Crippen molar-refractivity contribution in [2.24, 2.45) is 0 Å². The number of hydrogen-bond donors (Lipinski definition) is 3. The van der Waals surface area contributed by atoms with Gasteiger partial charge in [-0.3, -0.25) is 0 Å². The van der Waals surface area contributed by atoms with Crippen LogP contribution >= 0.6 is 0 Å². The fraction of sp³-hybridized carbons (Fsp3) is 0.278. The van der Waals surface area contributed by atoms with Crippen molar-refractivity contribution < 1.29 is 23.1 Å². The van der Waals surface area contributed by atoms with Crippen molar-refractivity contribution in [1.29, 1.82) is 0 Å². The normalized spacial score (nSPS) is 19.4. The van der Waals surface area contributed by atoms with E-state index >= 15 is 0 Å². The number of benzene rings is 2. The summed E-state index contributed by atoms with van der Waals surface area (Å²) >= 11 is 0. The van der Waals surface area contributed by atoms with Gasteiger partial charge in [-0.15, -0.1) is 0 Å². The molecule has 1 atom stereocenters. The minimum absolute atomic E-state index is 0.0190. The van der Waals surface area contributed by atoms with E-state index in [0.717, 1.165) is 23.3 Å². The summed E-state index contributed by atoms with van der Waals surface area (Å²) in [5.74, 6) is 0. The number of carbonyl (C=O) groups excluding carboxylic acids is 1. The van der Waals surface area contributed by atoms with Crippen molar-refractivity contribution in [2.75, 3.05) is 11.9 Å². The fourth-order valence-electron chi connectivity index (χ4n) is 3.03. The molecule has 7 heteroatoms. The summed E-state index contributed by atoms with van der Waals surface area (Å²) < 4.78 is 38.1. The minimum atomic E-state index is -4.48. The molecule has 0 fully saturated rings. The third-order valence-electron chi connectivity index (χ3n) is 4.32. The van der Waals surface area contributed by atoms with Gasteiger partial charge < -0.3 is 15.7 Å². The molecule has 2 amide bonds. The third kappa shape index (κ3) is 3.76. The second-order valence-electron chi connectivity index (χ2n) is 6.07. The molecule has 0 aromatic heterocycles. The van der Waals surface area contributed by atoms with E-state index in [0.29, 0.717) is 12.8 Å². The smallest absolute Gasteiger partial charge is 0.383 e. The molecule has 3 N–H and O–H groups in total. The Morgan fingerprint density at radius 3 is 2.68 bits per heavy atom. The molecule has 1 aliphatic carbocycles. The maximum Gasteiger partial charge on any atom is 0.416 e. The first-order valence-corrected chi connectivity index (χ1v) is 7.81. The summed E-state index contributed by atoms with van der Waals surface area (Å²) in [6.07, 6.45) is -3.28. The number of aliphatic hydroxyl groups is 1. The van der Waals surface area contributed by atoms with E-state index in [2.05, 4.69) is 10.6 Å². The van der Waals surface area contributed by atoms with Crippen LogP contribution in [0.25, 0.3) is 0 Å². The highest BCUT2D eigenvalue weighted by Crippen LogP contribution is 2.36. The lowest BCUT2D eigenvalue weighted by Gasteiger charge is -2.24. The van der Waals surface area contributed by atoms with E-state index in [4.69, 9.17) is 0 Å². The third-order valence-corrected chi connectivity index (χ3v) is 4.32. The van der Waals surface area contributed by atoms with Crippen molar-refractivity contribution >= 4 is 11.7 Å².